The third-order valence-electron chi connectivity index (χ3n) is 5.11. The third kappa shape index (κ3) is 1.81. The molecule has 0 spiro atoms. The number of anilines is 1. The molecule has 0 aromatic heterocycles. The summed E-state index contributed by atoms with van der Waals surface area (Å²) in [5.74, 6) is 0. The monoisotopic (exact) mass is 310 g/mol. The first-order valence-electron chi connectivity index (χ1n) is 8.34. The van der Waals surface area contributed by atoms with Crippen LogP contribution in [-0.2, 0) is 0 Å². The number of nitrogens with two attached hydrogens (primary N) is 1. The molecular formula is C22H18N2. The van der Waals surface area contributed by atoms with Crippen LogP contribution in [0.15, 0.2) is 78.9 Å². The van der Waals surface area contributed by atoms with Gasteiger partial charge in [-0.15, -0.1) is 0 Å². The summed E-state index contributed by atoms with van der Waals surface area (Å²) in [5.41, 5.74) is 14.1. The molecule has 0 radical (unpaired) electrons. The van der Waals surface area contributed by atoms with Gasteiger partial charge in [0.05, 0.1) is 12.1 Å². The second-order valence-corrected chi connectivity index (χ2v) is 6.42. The van der Waals surface area contributed by atoms with E-state index in [1.165, 1.54) is 33.6 Å². The molecule has 2 heteroatoms. The molecule has 3 aromatic rings. The summed E-state index contributed by atoms with van der Waals surface area (Å²) in [6, 6.07) is 27.8. The van der Waals surface area contributed by atoms with Crippen molar-refractivity contribution in [3.63, 3.8) is 0 Å². The van der Waals surface area contributed by atoms with Crippen LogP contribution in [0.25, 0.3) is 11.8 Å². The van der Waals surface area contributed by atoms with E-state index in [4.69, 9.17) is 5.73 Å². The number of rotatable bonds is 1. The van der Waals surface area contributed by atoms with Gasteiger partial charge in [-0.05, 0) is 34.4 Å². The van der Waals surface area contributed by atoms with Crippen molar-refractivity contribution >= 4 is 17.5 Å². The lowest BCUT2D eigenvalue weighted by Gasteiger charge is -2.36. The lowest BCUT2D eigenvalue weighted by Crippen LogP contribution is -2.31. The Labute approximate surface area is 141 Å². The molecule has 2 nitrogen and oxygen atoms in total. The van der Waals surface area contributed by atoms with Crippen molar-refractivity contribution in [2.45, 2.75) is 12.1 Å². The van der Waals surface area contributed by atoms with Gasteiger partial charge < -0.3 is 10.6 Å². The molecule has 2 atom stereocenters. The summed E-state index contributed by atoms with van der Waals surface area (Å²) < 4.78 is 0. The van der Waals surface area contributed by atoms with E-state index < -0.39 is 0 Å². The Morgan fingerprint density at radius 3 is 2.21 bits per heavy atom. The maximum atomic E-state index is 6.69. The van der Waals surface area contributed by atoms with Gasteiger partial charge in [0.25, 0.3) is 0 Å². The van der Waals surface area contributed by atoms with Crippen molar-refractivity contribution in [2.75, 3.05) is 4.90 Å². The molecule has 2 unspecified atom stereocenters. The second-order valence-electron chi connectivity index (χ2n) is 6.42. The van der Waals surface area contributed by atoms with Crippen LogP contribution >= 0.6 is 0 Å². The maximum absolute atomic E-state index is 6.69. The quantitative estimate of drug-likeness (QED) is 0.702. The molecule has 2 aliphatic rings. The Hall–Kier alpha value is -2.84. The van der Waals surface area contributed by atoms with Crippen LogP contribution in [0.3, 0.4) is 0 Å². The minimum Gasteiger partial charge on any atom is -0.331 e. The van der Waals surface area contributed by atoms with Gasteiger partial charge in [-0.1, -0.05) is 72.8 Å². The normalized spacial score (nSPS) is 20.9. The van der Waals surface area contributed by atoms with E-state index in [0.29, 0.717) is 0 Å². The molecule has 3 aromatic carbocycles. The number of para-hydroxylation sites is 1. The highest BCUT2D eigenvalue weighted by Gasteiger charge is 2.41. The van der Waals surface area contributed by atoms with E-state index in [1.807, 2.05) is 0 Å². The van der Waals surface area contributed by atoms with Crippen LogP contribution in [0.1, 0.15) is 34.3 Å². The first kappa shape index (κ1) is 13.6. The van der Waals surface area contributed by atoms with Crippen LogP contribution in [0, 0.1) is 0 Å². The Bertz CT molecular complexity index is 943. The Balaban J connectivity index is 1.80. The van der Waals surface area contributed by atoms with Gasteiger partial charge in [-0.25, -0.2) is 0 Å². The summed E-state index contributed by atoms with van der Waals surface area (Å²) in [6.07, 6.45) is 2.29. The molecule has 0 aliphatic carbocycles. The minimum absolute atomic E-state index is 0.0187. The highest BCUT2D eigenvalue weighted by molar-refractivity contribution is 5.96. The number of nitrogens with zero attached hydrogens (tertiary/aromatic N) is 1. The first-order valence-corrected chi connectivity index (χ1v) is 8.34. The summed E-state index contributed by atoms with van der Waals surface area (Å²) >= 11 is 0. The smallest absolute Gasteiger partial charge is 0.0791 e. The van der Waals surface area contributed by atoms with Gasteiger partial charge in [-0.3, -0.25) is 0 Å². The van der Waals surface area contributed by atoms with E-state index in [0.717, 1.165) is 0 Å². The Morgan fingerprint density at radius 2 is 1.38 bits per heavy atom. The summed E-state index contributed by atoms with van der Waals surface area (Å²) in [7, 11) is 0. The molecule has 0 fully saturated rings. The molecule has 2 aliphatic heterocycles. The molecule has 0 amide bonds. The molecule has 5 rings (SSSR count). The number of hydrogen-bond donors (Lipinski definition) is 1. The lowest BCUT2D eigenvalue weighted by molar-refractivity contribution is 0.602. The van der Waals surface area contributed by atoms with Crippen molar-refractivity contribution in [1.82, 2.24) is 0 Å². The largest absolute Gasteiger partial charge is 0.331 e. The average molecular weight is 310 g/mol. The molecule has 24 heavy (non-hydrogen) atoms. The zero-order chi connectivity index (χ0) is 16.1. The summed E-state index contributed by atoms with van der Waals surface area (Å²) in [4.78, 5) is 2.41. The minimum atomic E-state index is -0.0187. The number of hydrogen-bond acceptors (Lipinski definition) is 2. The molecule has 0 saturated heterocycles. The fourth-order valence-electron chi connectivity index (χ4n) is 4.04. The predicted molar refractivity (Wildman–Crippen MR) is 99.3 cm³/mol. The number of benzene rings is 3. The SMILES string of the molecule is NC1c2ccccc2N2C(c3ccccc3)=Cc3ccccc3C12. The van der Waals surface area contributed by atoms with E-state index >= 15 is 0 Å². The van der Waals surface area contributed by atoms with Crippen LogP contribution in [-0.4, -0.2) is 0 Å². The first-order chi connectivity index (χ1) is 11.8. The molecule has 2 N–H and O–H groups in total. The standard InChI is InChI=1S/C22H18N2/c23-21-18-12-6-7-13-19(18)24-20(15-8-2-1-3-9-15)14-16-10-4-5-11-17(16)22(21)24/h1-14,21-22H,23H2. The summed E-state index contributed by atoms with van der Waals surface area (Å²) in [5, 5.41) is 0. The van der Waals surface area contributed by atoms with Crippen molar-refractivity contribution in [3.05, 3.63) is 101 Å². The van der Waals surface area contributed by atoms with E-state index in [2.05, 4.69) is 89.8 Å². The number of fused-ring (bicyclic) bond motifs is 5. The van der Waals surface area contributed by atoms with Crippen molar-refractivity contribution in [2.24, 2.45) is 5.73 Å². The van der Waals surface area contributed by atoms with Crippen LogP contribution in [0.5, 0.6) is 0 Å². The fourth-order valence-corrected chi connectivity index (χ4v) is 4.04. The summed E-state index contributed by atoms with van der Waals surface area (Å²) in [6.45, 7) is 0. The zero-order valence-electron chi connectivity index (χ0n) is 13.3. The topological polar surface area (TPSA) is 29.3 Å². The van der Waals surface area contributed by atoms with Crippen molar-refractivity contribution < 1.29 is 0 Å². The third-order valence-corrected chi connectivity index (χ3v) is 5.11. The van der Waals surface area contributed by atoms with E-state index in [-0.39, 0.29) is 12.1 Å². The molecule has 0 bridgehead atoms. The average Bonchev–Trinajstić information content (AvgIpc) is 2.96. The molecule has 0 saturated carbocycles. The van der Waals surface area contributed by atoms with Crippen LogP contribution < -0.4 is 10.6 Å². The van der Waals surface area contributed by atoms with Gasteiger partial charge in [0.1, 0.15) is 0 Å². The highest BCUT2D eigenvalue weighted by Crippen LogP contribution is 2.53. The van der Waals surface area contributed by atoms with Crippen LogP contribution in [0.4, 0.5) is 5.69 Å². The van der Waals surface area contributed by atoms with Crippen molar-refractivity contribution in [3.8, 4) is 0 Å². The fraction of sp³-hybridized carbons (Fsp3) is 0.0909. The van der Waals surface area contributed by atoms with Crippen molar-refractivity contribution in [1.29, 1.82) is 0 Å². The van der Waals surface area contributed by atoms with Crippen LogP contribution in [0.2, 0.25) is 0 Å². The molecule has 116 valence electrons. The maximum Gasteiger partial charge on any atom is 0.0791 e. The van der Waals surface area contributed by atoms with E-state index in [9.17, 15) is 0 Å². The highest BCUT2D eigenvalue weighted by atomic mass is 15.2. The Morgan fingerprint density at radius 1 is 0.708 bits per heavy atom. The zero-order valence-corrected chi connectivity index (χ0v) is 13.3. The molecular weight excluding hydrogens is 292 g/mol. The molecule has 2 heterocycles. The predicted octanol–water partition coefficient (Wildman–Crippen LogP) is 4.76. The lowest BCUT2D eigenvalue weighted by atomic mass is 9.89. The Kier molecular flexibility index (Phi) is 2.88. The van der Waals surface area contributed by atoms with Gasteiger partial charge in [0.2, 0.25) is 0 Å². The second kappa shape index (κ2) is 5.08. The van der Waals surface area contributed by atoms with Gasteiger partial charge in [0, 0.05) is 11.4 Å². The van der Waals surface area contributed by atoms with E-state index in [1.54, 1.807) is 0 Å². The van der Waals surface area contributed by atoms with Gasteiger partial charge >= 0.3 is 0 Å². The van der Waals surface area contributed by atoms with Gasteiger partial charge in [0.15, 0.2) is 0 Å². The van der Waals surface area contributed by atoms with Gasteiger partial charge in [-0.2, -0.15) is 0 Å².